The third-order valence-electron chi connectivity index (χ3n) is 3.92. The van der Waals surface area contributed by atoms with Crippen molar-refractivity contribution in [1.29, 1.82) is 0 Å². The molecule has 1 aromatic carbocycles. The predicted molar refractivity (Wildman–Crippen MR) is 85.1 cm³/mol. The number of hydrogen-bond donors (Lipinski definition) is 1. The summed E-state index contributed by atoms with van der Waals surface area (Å²) in [7, 11) is 1.86. The van der Waals surface area contributed by atoms with Crippen molar-refractivity contribution in [3.8, 4) is 0 Å². The monoisotopic (exact) mass is 328 g/mol. The van der Waals surface area contributed by atoms with Crippen LogP contribution in [0.5, 0.6) is 0 Å². The van der Waals surface area contributed by atoms with E-state index in [1.807, 2.05) is 25.8 Å². The number of rotatable bonds is 6. The fourth-order valence-electron chi connectivity index (χ4n) is 3.16. The highest BCUT2D eigenvalue weighted by molar-refractivity contribution is 5.17. The van der Waals surface area contributed by atoms with Gasteiger partial charge in [0, 0.05) is 32.7 Å². The molecule has 0 radical (unpaired) electrons. The Kier molecular flexibility index (Phi) is 6.47. The fraction of sp³-hybridized carbons (Fsp3) is 0.647. The first kappa shape index (κ1) is 18.3. The van der Waals surface area contributed by atoms with E-state index in [9.17, 15) is 13.9 Å². The Morgan fingerprint density at radius 1 is 1.26 bits per heavy atom. The molecule has 0 amide bonds. The second-order valence-electron chi connectivity index (χ2n) is 6.57. The molecular formula is C17H26F2N2O2. The van der Waals surface area contributed by atoms with Crippen LogP contribution in [0.25, 0.3) is 0 Å². The molecule has 1 aliphatic rings. The van der Waals surface area contributed by atoms with Gasteiger partial charge < -0.3 is 9.84 Å². The number of likely N-dealkylation sites (N-methyl/N-ethyl adjacent to an activating group) is 1. The van der Waals surface area contributed by atoms with Crippen molar-refractivity contribution in [2.24, 2.45) is 0 Å². The van der Waals surface area contributed by atoms with Gasteiger partial charge in [0.1, 0.15) is 0 Å². The molecule has 0 spiro atoms. The van der Waals surface area contributed by atoms with E-state index >= 15 is 0 Å². The Morgan fingerprint density at radius 2 is 1.91 bits per heavy atom. The highest BCUT2D eigenvalue weighted by Gasteiger charge is 2.24. The van der Waals surface area contributed by atoms with Crippen molar-refractivity contribution < 1.29 is 18.6 Å². The number of hydrogen-bond acceptors (Lipinski definition) is 4. The topological polar surface area (TPSA) is 35.9 Å². The lowest BCUT2D eigenvalue weighted by atomic mass is 10.2. The van der Waals surface area contributed by atoms with Crippen LogP contribution < -0.4 is 0 Å². The summed E-state index contributed by atoms with van der Waals surface area (Å²) in [6.07, 6.45) is -0.153. The summed E-state index contributed by atoms with van der Waals surface area (Å²) in [5, 5.41) is 10.3. The van der Waals surface area contributed by atoms with E-state index in [4.69, 9.17) is 4.74 Å². The quantitative estimate of drug-likeness (QED) is 0.865. The lowest BCUT2D eigenvalue weighted by Gasteiger charge is -2.36. The molecule has 23 heavy (non-hydrogen) atoms. The molecule has 1 heterocycles. The Labute approximate surface area is 136 Å². The molecule has 1 N–H and O–H groups in total. The van der Waals surface area contributed by atoms with E-state index in [1.165, 1.54) is 6.07 Å². The van der Waals surface area contributed by atoms with Gasteiger partial charge in [-0.15, -0.1) is 0 Å². The third-order valence-corrected chi connectivity index (χ3v) is 3.92. The summed E-state index contributed by atoms with van der Waals surface area (Å²) >= 11 is 0. The molecule has 1 aromatic rings. The molecule has 0 aliphatic carbocycles. The number of aliphatic hydroxyl groups excluding tert-OH is 1. The summed E-state index contributed by atoms with van der Waals surface area (Å²) < 4.78 is 31.8. The molecule has 1 aliphatic heterocycles. The van der Waals surface area contributed by atoms with Crippen LogP contribution in [0.3, 0.4) is 0 Å². The fourth-order valence-corrected chi connectivity index (χ4v) is 3.16. The summed E-state index contributed by atoms with van der Waals surface area (Å²) in [5.74, 6) is -1.68. The minimum Gasteiger partial charge on any atom is -0.390 e. The van der Waals surface area contributed by atoms with Gasteiger partial charge in [-0.1, -0.05) is 6.07 Å². The maximum absolute atomic E-state index is 13.2. The standard InChI is InChI=1S/C17H26F2N2O2/c1-12-7-21(8-13(2)23-12)11-15(22)10-20(3)9-14-4-5-16(18)17(19)6-14/h4-6,12-13,15,22H,7-11H2,1-3H3. The minimum absolute atomic E-state index is 0.172. The highest BCUT2D eigenvalue weighted by atomic mass is 19.2. The number of morpholine rings is 1. The van der Waals surface area contributed by atoms with E-state index < -0.39 is 17.7 Å². The van der Waals surface area contributed by atoms with E-state index in [1.54, 1.807) is 6.07 Å². The van der Waals surface area contributed by atoms with Crippen molar-refractivity contribution in [3.63, 3.8) is 0 Å². The molecule has 3 atom stereocenters. The number of nitrogens with zero attached hydrogens (tertiary/aromatic N) is 2. The maximum Gasteiger partial charge on any atom is 0.159 e. The Hall–Kier alpha value is -1.08. The first-order valence-corrected chi connectivity index (χ1v) is 8.02. The van der Waals surface area contributed by atoms with Crippen LogP contribution in [-0.4, -0.2) is 66.4 Å². The molecule has 0 saturated carbocycles. The smallest absolute Gasteiger partial charge is 0.159 e. The van der Waals surface area contributed by atoms with Crippen molar-refractivity contribution in [2.75, 3.05) is 33.2 Å². The third kappa shape index (κ3) is 5.80. The van der Waals surface area contributed by atoms with Crippen LogP contribution in [0.2, 0.25) is 0 Å². The molecule has 2 rings (SSSR count). The molecule has 130 valence electrons. The minimum atomic E-state index is -0.841. The second-order valence-corrected chi connectivity index (χ2v) is 6.57. The van der Waals surface area contributed by atoms with Gasteiger partial charge in [-0.3, -0.25) is 9.80 Å². The summed E-state index contributed by atoms with van der Waals surface area (Å²) in [6.45, 7) is 7.21. The molecule has 4 nitrogen and oxygen atoms in total. The average Bonchev–Trinajstić information content (AvgIpc) is 2.41. The zero-order valence-electron chi connectivity index (χ0n) is 14.0. The highest BCUT2D eigenvalue weighted by Crippen LogP contribution is 2.13. The second kappa shape index (κ2) is 8.15. The number of ether oxygens (including phenoxy) is 1. The SMILES string of the molecule is CC1CN(CC(O)CN(C)Cc2ccc(F)c(F)c2)CC(C)O1. The van der Waals surface area contributed by atoms with Gasteiger partial charge in [0.25, 0.3) is 0 Å². The number of benzene rings is 1. The summed E-state index contributed by atoms with van der Waals surface area (Å²) in [4.78, 5) is 4.11. The van der Waals surface area contributed by atoms with Crippen molar-refractivity contribution in [2.45, 2.75) is 38.7 Å². The number of halogens is 2. The zero-order valence-corrected chi connectivity index (χ0v) is 14.0. The molecule has 0 aromatic heterocycles. The Morgan fingerprint density at radius 3 is 2.52 bits per heavy atom. The van der Waals surface area contributed by atoms with Crippen LogP contribution >= 0.6 is 0 Å². The van der Waals surface area contributed by atoms with Crippen LogP contribution in [0, 0.1) is 11.6 Å². The van der Waals surface area contributed by atoms with E-state index in [-0.39, 0.29) is 12.2 Å². The van der Waals surface area contributed by atoms with Gasteiger partial charge in [0.05, 0.1) is 18.3 Å². The zero-order chi connectivity index (χ0) is 17.0. The maximum atomic E-state index is 13.2. The Bertz CT molecular complexity index is 505. The van der Waals surface area contributed by atoms with Gasteiger partial charge in [0.2, 0.25) is 0 Å². The van der Waals surface area contributed by atoms with Gasteiger partial charge in [-0.2, -0.15) is 0 Å². The largest absolute Gasteiger partial charge is 0.390 e. The molecule has 6 heteroatoms. The van der Waals surface area contributed by atoms with E-state index in [0.29, 0.717) is 25.2 Å². The average molecular weight is 328 g/mol. The molecular weight excluding hydrogens is 302 g/mol. The molecule has 3 unspecified atom stereocenters. The normalized spacial score (nSPS) is 24.1. The van der Waals surface area contributed by atoms with Crippen molar-refractivity contribution >= 4 is 0 Å². The lowest BCUT2D eigenvalue weighted by molar-refractivity contribution is -0.0777. The van der Waals surface area contributed by atoms with Crippen LogP contribution in [-0.2, 0) is 11.3 Å². The number of β-amino-alcohol motifs (C(OH)–C–C–N with tert-alkyl or cyclic N) is 1. The molecule has 1 fully saturated rings. The number of aliphatic hydroxyl groups is 1. The van der Waals surface area contributed by atoms with Crippen molar-refractivity contribution in [1.82, 2.24) is 9.80 Å². The van der Waals surface area contributed by atoms with Gasteiger partial charge in [0.15, 0.2) is 11.6 Å². The van der Waals surface area contributed by atoms with E-state index in [0.717, 1.165) is 19.2 Å². The lowest BCUT2D eigenvalue weighted by Crippen LogP contribution is -2.49. The Balaban J connectivity index is 1.79. The molecule has 0 bridgehead atoms. The first-order chi connectivity index (χ1) is 10.8. The van der Waals surface area contributed by atoms with Crippen LogP contribution in [0.4, 0.5) is 8.78 Å². The molecule has 1 saturated heterocycles. The summed E-state index contributed by atoms with van der Waals surface area (Å²) in [5.41, 5.74) is 0.687. The van der Waals surface area contributed by atoms with Crippen LogP contribution in [0.15, 0.2) is 18.2 Å². The van der Waals surface area contributed by atoms with Gasteiger partial charge in [-0.05, 0) is 38.6 Å². The van der Waals surface area contributed by atoms with Crippen LogP contribution in [0.1, 0.15) is 19.4 Å². The summed E-state index contributed by atoms with van der Waals surface area (Å²) in [6, 6.07) is 3.89. The predicted octanol–water partition coefficient (Wildman–Crippen LogP) is 1.87. The van der Waals surface area contributed by atoms with Gasteiger partial charge >= 0.3 is 0 Å². The van der Waals surface area contributed by atoms with Crippen molar-refractivity contribution in [3.05, 3.63) is 35.4 Å². The van der Waals surface area contributed by atoms with Gasteiger partial charge in [-0.25, -0.2) is 8.78 Å². The first-order valence-electron chi connectivity index (χ1n) is 8.02. The van der Waals surface area contributed by atoms with E-state index in [2.05, 4.69) is 4.90 Å².